The van der Waals surface area contributed by atoms with E-state index in [0.29, 0.717) is 12.4 Å². The van der Waals surface area contributed by atoms with Gasteiger partial charge in [0.05, 0.1) is 13.2 Å². The molecule has 2 N–H and O–H groups in total. The summed E-state index contributed by atoms with van der Waals surface area (Å²) in [5.41, 5.74) is 3.58. The summed E-state index contributed by atoms with van der Waals surface area (Å²) in [6.07, 6.45) is 0. The van der Waals surface area contributed by atoms with Gasteiger partial charge in [0.1, 0.15) is 23.3 Å². The third-order valence-electron chi connectivity index (χ3n) is 3.08. The molecular weight excluding hydrogens is 334 g/mol. The number of rotatable bonds is 5. The van der Waals surface area contributed by atoms with Gasteiger partial charge in [0, 0.05) is 12.5 Å². The molecule has 8 heteroatoms. The van der Waals surface area contributed by atoms with Crippen LogP contribution in [0.3, 0.4) is 0 Å². The van der Waals surface area contributed by atoms with Crippen LogP contribution in [-0.4, -0.2) is 23.5 Å². The van der Waals surface area contributed by atoms with Crippen molar-refractivity contribution in [3.8, 4) is 11.8 Å². The Morgan fingerprint density at radius 2 is 2.08 bits per heavy atom. The monoisotopic (exact) mass is 353 g/mol. The minimum Gasteiger partial charge on any atom is -0.494 e. The first-order valence-corrected chi connectivity index (χ1v) is 7.95. The lowest BCUT2D eigenvalue weighted by molar-refractivity contribution is -0.145. The van der Waals surface area contributed by atoms with Gasteiger partial charge in [-0.25, -0.2) is 9.98 Å². The second-order valence-corrected chi connectivity index (χ2v) is 5.05. The molecule has 0 saturated carbocycles. The number of nitriles is 1. The number of para-hydroxylation sites is 1. The predicted octanol–water partition coefficient (Wildman–Crippen LogP) is 2.39. The number of aliphatic imine (C=N–C) groups is 1. The Morgan fingerprint density at radius 1 is 1.27 bits per heavy atom. The lowest BCUT2D eigenvalue weighted by Crippen LogP contribution is -2.32. The van der Waals surface area contributed by atoms with Gasteiger partial charge in [-0.1, -0.05) is 24.3 Å². The number of nitrogens with zero attached hydrogens (tertiary/aromatic N) is 3. The van der Waals surface area contributed by atoms with Crippen LogP contribution >= 0.6 is 0 Å². The molecule has 134 valence electrons. The lowest BCUT2D eigenvalue weighted by atomic mass is 10.2. The molecule has 1 aromatic carbocycles. The summed E-state index contributed by atoms with van der Waals surface area (Å²) < 4.78 is 5.57. The first-order valence-electron chi connectivity index (χ1n) is 7.95. The van der Waals surface area contributed by atoms with Crippen LogP contribution in [0.25, 0.3) is 0 Å². The van der Waals surface area contributed by atoms with E-state index in [4.69, 9.17) is 14.8 Å². The molecule has 0 amide bonds. The zero-order valence-corrected chi connectivity index (χ0v) is 14.5. The maximum Gasteiger partial charge on any atom is 0.329 e. The van der Waals surface area contributed by atoms with Gasteiger partial charge in [0.25, 0.3) is 0 Å². The van der Waals surface area contributed by atoms with Gasteiger partial charge in [0.2, 0.25) is 5.96 Å². The van der Waals surface area contributed by atoms with Crippen molar-refractivity contribution in [2.45, 2.75) is 20.4 Å². The molecule has 0 fully saturated rings. The van der Waals surface area contributed by atoms with Gasteiger partial charge in [-0.15, -0.1) is 0 Å². The SMILES string of the molecule is CCOc1ccccc1CN=C(NOC(C)=O)Nc1cccc(C#N)n1. The van der Waals surface area contributed by atoms with Crippen LogP contribution in [0.2, 0.25) is 0 Å². The van der Waals surface area contributed by atoms with Gasteiger partial charge in [-0.2, -0.15) is 10.7 Å². The number of carbonyl (C=O) groups excluding carboxylic acids is 1. The van der Waals surface area contributed by atoms with E-state index in [1.165, 1.54) is 6.92 Å². The maximum atomic E-state index is 11.1. The zero-order valence-electron chi connectivity index (χ0n) is 14.5. The molecule has 0 atom stereocenters. The Kier molecular flexibility index (Phi) is 6.94. The van der Waals surface area contributed by atoms with Crippen molar-refractivity contribution in [2.75, 3.05) is 11.9 Å². The minimum atomic E-state index is -0.520. The molecule has 0 saturated heterocycles. The van der Waals surface area contributed by atoms with Crippen LogP contribution in [0, 0.1) is 11.3 Å². The fraction of sp³-hybridized carbons (Fsp3) is 0.222. The van der Waals surface area contributed by atoms with Crippen LogP contribution < -0.4 is 15.5 Å². The highest BCUT2D eigenvalue weighted by molar-refractivity contribution is 5.92. The number of guanidine groups is 1. The van der Waals surface area contributed by atoms with Crippen LogP contribution in [0.5, 0.6) is 5.75 Å². The highest BCUT2D eigenvalue weighted by atomic mass is 16.7. The fourth-order valence-electron chi connectivity index (χ4n) is 2.00. The number of hydrogen-bond acceptors (Lipinski definition) is 6. The smallest absolute Gasteiger partial charge is 0.329 e. The quantitative estimate of drug-likeness (QED) is 0.482. The maximum absolute atomic E-state index is 11.1. The number of aromatic nitrogens is 1. The molecule has 1 aromatic heterocycles. The standard InChI is InChI=1S/C18H19N5O3/c1-3-25-16-9-5-4-7-14(16)12-20-18(23-26-13(2)24)22-17-10-6-8-15(11-19)21-17/h4-10H,3,12H2,1-2H3,(H2,20,21,22,23). The fourth-order valence-corrected chi connectivity index (χ4v) is 2.00. The van der Waals surface area contributed by atoms with E-state index >= 15 is 0 Å². The summed E-state index contributed by atoms with van der Waals surface area (Å²) in [6, 6.07) is 14.4. The Bertz CT molecular complexity index is 830. The van der Waals surface area contributed by atoms with Crippen molar-refractivity contribution in [3.05, 3.63) is 53.7 Å². The van der Waals surface area contributed by atoms with E-state index in [2.05, 4.69) is 20.8 Å². The molecule has 0 aliphatic carbocycles. The molecule has 26 heavy (non-hydrogen) atoms. The Labute approximate surface area is 151 Å². The first kappa shape index (κ1) is 18.7. The average Bonchev–Trinajstić information content (AvgIpc) is 2.65. The number of nitrogens with one attached hydrogen (secondary N) is 2. The number of pyridine rings is 1. The number of carbonyl (C=O) groups is 1. The average molecular weight is 353 g/mol. The van der Waals surface area contributed by atoms with E-state index < -0.39 is 5.97 Å². The number of hydroxylamine groups is 1. The van der Waals surface area contributed by atoms with E-state index in [9.17, 15) is 4.79 Å². The summed E-state index contributed by atoms with van der Waals surface area (Å²) in [5, 5.41) is 11.8. The molecule has 0 aliphatic rings. The van der Waals surface area contributed by atoms with Gasteiger partial charge < -0.3 is 14.9 Å². The lowest BCUT2D eigenvalue weighted by Gasteiger charge is -2.12. The molecule has 0 radical (unpaired) electrons. The third-order valence-corrected chi connectivity index (χ3v) is 3.08. The highest BCUT2D eigenvalue weighted by Gasteiger charge is 2.06. The van der Waals surface area contributed by atoms with Crippen molar-refractivity contribution in [3.63, 3.8) is 0 Å². The van der Waals surface area contributed by atoms with Crippen molar-refractivity contribution < 1.29 is 14.4 Å². The van der Waals surface area contributed by atoms with Crippen molar-refractivity contribution in [2.24, 2.45) is 4.99 Å². The molecule has 0 bridgehead atoms. The zero-order chi connectivity index (χ0) is 18.8. The largest absolute Gasteiger partial charge is 0.494 e. The van der Waals surface area contributed by atoms with E-state index in [0.717, 1.165) is 11.3 Å². The number of benzene rings is 1. The summed E-state index contributed by atoms with van der Waals surface area (Å²) >= 11 is 0. The van der Waals surface area contributed by atoms with E-state index in [1.54, 1.807) is 18.2 Å². The molecule has 2 rings (SSSR count). The van der Waals surface area contributed by atoms with Crippen LogP contribution in [0.4, 0.5) is 5.82 Å². The summed E-state index contributed by atoms with van der Waals surface area (Å²) in [6.45, 7) is 4.00. The number of hydrogen-bond donors (Lipinski definition) is 2. The molecular formula is C18H19N5O3. The molecule has 2 aromatic rings. The first-order chi connectivity index (χ1) is 12.6. The Balaban J connectivity index is 2.19. The van der Waals surface area contributed by atoms with Crippen molar-refractivity contribution in [1.29, 1.82) is 5.26 Å². The van der Waals surface area contributed by atoms with Gasteiger partial charge in [0.15, 0.2) is 0 Å². The van der Waals surface area contributed by atoms with E-state index in [-0.39, 0.29) is 18.2 Å². The summed E-state index contributed by atoms with van der Waals surface area (Å²) in [4.78, 5) is 24.3. The normalized spacial score (nSPS) is 10.6. The predicted molar refractivity (Wildman–Crippen MR) is 96.2 cm³/mol. The van der Waals surface area contributed by atoms with Crippen LogP contribution in [0.1, 0.15) is 25.1 Å². The number of anilines is 1. The van der Waals surface area contributed by atoms with Crippen molar-refractivity contribution >= 4 is 17.7 Å². The topological polar surface area (TPSA) is 109 Å². The van der Waals surface area contributed by atoms with Crippen LogP contribution in [-0.2, 0) is 16.2 Å². The molecule has 0 aliphatic heterocycles. The molecule has 0 unspecified atom stereocenters. The van der Waals surface area contributed by atoms with Gasteiger partial charge >= 0.3 is 5.97 Å². The summed E-state index contributed by atoms with van der Waals surface area (Å²) in [5.74, 6) is 0.776. The summed E-state index contributed by atoms with van der Waals surface area (Å²) in [7, 11) is 0. The van der Waals surface area contributed by atoms with E-state index in [1.807, 2.05) is 37.3 Å². The van der Waals surface area contributed by atoms with Crippen molar-refractivity contribution in [1.82, 2.24) is 10.5 Å². The molecule has 0 spiro atoms. The molecule has 1 heterocycles. The third kappa shape index (κ3) is 5.79. The van der Waals surface area contributed by atoms with Crippen LogP contribution in [0.15, 0.2) is 47.5 Å². The second kappa shape index (κ2) is 9.64. The second-order valence-electron chi connectivity index (χ2n) is 5.05. The highest BCUT2D eigenvalue weighted by Crippen LogP contribution is 2.18. The van der Waals surface area contributed by atoms with Gasteiger partial charge in [-0.05, 0) is 25.1 Å². The Hall–Kier alpha value is -3.60. The Morgan fingerprint density at radius 3 is 2.81 bits per heavy atom. The number of ether oxygens (including phenoxy) is 1. The molecule has 8 nitrogen and oxygen atoms in total. The van der Waals surface area contributed by atoms with Gasteiger partial charge in [-0.3, -0.25) is 4.79 Å². The minimum absolute atomic E-state index is 0.175.